The van der Waals surface area contributed by atoms with E-state index >= 15 is 0 Å². The number of rotatable bonds is 4. The molecular weight excluding hydrogens is 355 g/mol. The van der Waals surface area contributed by atoms with E-state index in [-0.39, 0.29) is 23.8 Å². The van der Waals surface area contributed by atoms with Crippen LogP contribution in [0.1, 0.15) is 27.8 Å². The Morgan fingerprint density at radius 1 is 1.00 bits per heavy atom. The maximum atomic E-state index is 13.6. The van der Waals surface area contributed by atoms with Gasteiger partial charge in [-0.3, -0.25) is 14.7 Å². The van der Waals surface area contributed by atoms with Gasteiger partial charge >= 0.3 is 0 Å². The second kappa shape index (κ2) is 6.87. The normalized spacial score (nSPS) is 21.6. The summed E-state index contributed by atoms with van der Waals surface area (Å²) in [5, 5.41) is 0. The second-order valence-corrected chi connectivity index (χ2v) is 7.51. The van der Waals surface area contributed by atoms with Gasteiger partial charge in [-0.05, 0) is 42.0 Å². The van der Waals surface area contributed by atoms with Gasteiger partial charge < -0.3 is 9.47 Å². The first-order valence-corrected chi connectivity index (χ1v) is 9.53. The second-order valence-electron chi connectivity index (χ2n) is 7.51. The number of hydrogen-bond acceptors (Lipinski definition) is 3. The largest absolute Gasteiger partial charge is 0.337 e. The zero-order chi connectivity index (χ0) is 19.1. The van der Waals surface area contributed by atoms with Crippen LogP contribution < -0.4 is 0 Å². The minimum atomic E-state index is -0.214. The molecule has 4 heterocycles. The lowest BCUT2D eigenvalue weighted by Crippen LogP contribution is -2.49. The van der Waals surface area contributed by atoms with Gasteiger partial charge in [-0.15, -0.1) is 0 Å². The Hall–Kier alpha value is -2.99. The summed E-state index contributed by atoms with van der Waals surface area (Å²) >= 11 is 0. The van der Waals surface area contributed by atoms with E-state index in [1.54, 1.807) is 18.3 Å². The van der Waals surface area contributed by atoms with Crippen LogP contribution in [0.15, 0.2) is 67.0 Å². The number of aromatic nitrogens is 2. The fourth-order valence-corrected chi connectivity index (χ4v) is 4.47. The highest BCUT2D eigenvalue weighted by Gasteiger charge is 2.44. The SMILES string of the molecule is O=C1c2cccn2[C@H]2CN(Cc3cccc(F)c3)C[C@H]2N1Cc1ccccn1. The van der Waals surface area contributed by atoms with E-state index in [0.29, 0.717) is 13.1 Å². The molecule has 0 aliphatic carbocycles. The Morgan fingerprint density at radius 3 is 2.71 bits per heavy atom. The number of likely N-dealkylation sites (tertiary alicyclic amines) is 1. The van der Waals surface area contributed by atoms with Crippen LogP contribution in [0.2, 0.25) is 0 Å². The van der Waals surface area contributed by atoms with Crippen LogP contribution in [0, 0.1) is 5.82 Å². The summed E-state index contributed by atoms with van der Waals surface area (Å²) in [4.78, 5) is 21.8. The molecule has 2 atom stereocenters. The third kappa shape index (κ3) is 2.99. The van der Waals surface area contributed by atoms with Crippen LogP contribution in [0.5, 0.6) is 0 Å². The molecule has 142 valence electrons. The molecule has 1 saturated heterocycles. The number of hydrogen-bond donors (Lipinski definition) is 0. The molecule has 0 N–H and O–H groups in total. The first-order valence-electron chi connectivity index (χ1n) is 9.53. The maximum absolute atomic E-state index is 13.6. The van der Waals surface area contributed by atoms with Gasteiger partial charge in [0, 0.05) is 32.0 Å². The molecule has 2 aromatic heterocycles. The monoisotopic (exact) mass is 376 g/mol. The molecule has 0 unspecified atom stereocenters. The number of halogens is 1. The van der Waals surface area contributed by atoms with E-state index in [9.17, 15) is 9.18 Å². The molecule has 5 nitrogen and oxygen atoms in total. The van der Waals surface area contributed by atoms with Gasteiger partial charge in [-0.1, -0.05) is 18.2 Å². The average molecular weight is 376 g/mol. The Kier molecular flexibility index (Phi) is 4.20. The van der Waals surface area contributed by atoms with Crippen molar-refractivity contribution in [1.29, 1.82) is 0 Å². The molecular formula is C22H21FN4O. The summed E-state index contributed by atoms with van der Waals surface area (Å²) in [6, 6.07) is 16.6. The van der Waals surface area contributed by atoms with Gasteiger partial charge in [-0.25, -0.2) is 4.39 Å². The molecule has 2 aliphatic heterocycles. The summed E-state index contributed by atoms with van der Waals surface area (Å²) < 4.78 is 15.7. The smallest absolute Gasteiger partial charge is 0.271 e. The minimum absolute atomic E-state index is 0.0458. The van der Waals surface area contributed by atoms with Gasteiger partial charge in [0.15, 0.2) is 0 Å². The third-order valence-corrected chi connectivity index (χ3v) is 5.70. The van der Waals surface area contributed by atoms with Crippen molar-refractivity contribution in [2.24, 2.45) is 0 Å². The molecule has 0 radical (unpaired) electrons. The van der Waals surface area contributed by atoms with E-state index in [1.807, 2.05) is 47.5 Å². The summed E-state index contributed by atoms with van der Waals surface area (Å²) in [7, 11) is 0. The van der Waals surface area contributed by atoms with Crippen molar-refractivity contribution in [3.05, 3.63) is 89.8 Å². The van der Waals surface area contributed by atoms with Crippen LogP contribution in [0.25, 0.3) is 0 Å². The van der Waals surface area contributed by atoms with Crippen LogP contribution in [0.3, 0.4) is 0 Å². The minimum Gasteiger partial charge on any atom is -0.337 e. The van der Waals surface area contributed by atoms with Crippen molar-refractivity contribution >= 4 is 5.91 Å². The number of fused-ring (bicyclic) bond motifs is 3. The zero-order valence-corrected chi connectivity index (χ0v) is 15.4. The van der Waals surface area contributed by atoms with E-state index < -0.39 is 0 Å². The predicted octanol–water partition coefficient (Wildman–Crippen LogP) is 3.10. The summed E-state index contributed by atoms with van der Waals surface area (Å²) in [6.45, 7) is 2.76. The lowest BCUT2D eigenvalue weighted by Gasteiger charge is -2.38. The van der Waals surface area contributed by atoms with E-state index in [2.05, 4.69) is 14.5 Å². The van der Waals surface area contributed by atoms with Gasteiger partial charge in [0.1, 0.15) is 11.5 Å². The maximum Gasteiger partial charge on any atom is 0.271 e. The first-order chi connectivity index (χ1) is 13.7. The van der Waals surface area contributed by atoms with Crippen molar-refractivity contribution in [1.82, 2.24) is 19.4 Å². The first kappa shape index (κ1) is 17.1. The van der Waals surface area contributed by atoms with Gasteiger partial charge in [0.25, 0.3) is 5.91 Å². The van der Waals surface area contributed by atoms with Crippen LogP contribution >= 0.6 is 0 Å². The highest BCUT2D eigenvalue weighted by atomic mass is 19.1. The standard InChI is InChI=1S/C22H21FN4O/c23-17-6-3-5-16(11-17)12-25-14-20-21(15-25)27(13-18-7-1-2-9-24-18)22(28)19-8-4-10-26(19)20/h1-11,20-21H,12-15H2/t20-,21+/m0/s1. The summed E-state index contributed by atoms with van der Waals surface area (Å²) in [5.41, 5.74) is 2.57. The topological polar surface area (TPSA) is 41.4 Å². The molecule has 0 spiro atoms. The van der Waals surface area contributed by atoms with Crippen molar-refractivity contribution < 1.29 is 9.18 Å². The number of carbonyl (C=O) groups excluding carboxylic acids is 1. The predicted molar refractivity (Wildman–Crippen MR) is 103 cm³/mol. The average Bonchev–Trinajstić information content (AvgIpc) is 3.33. The number of nitrogens with zero attached hydrogens (tertiary/aromatic N) is 4. The number of benzene rings is 1. The fraction of sp³-hybridized carbons (Fsp3) is 0.273. The molecule has 28 heavy (non-hydrogen) atoms. The van der Waals surface area contributed by atoms with Crippen molar-refractivity contribution in [2.75, 3.05) is 13.1 Å². The Labute approximate surface area is 163 Å². The van der Waals surface area contributed by atoms with Crippen LogP contribution in [0.4, 0.5) is 4.39 Å². The van der Waals surface area contributed by atoms with Crippen LogP contribution in [-0.2, 0) is 13.1 Å². The number of pyridine rings is 1. The molecule has 1 aromatic carbocycles. The lowest BCUT2D eigenvalue weighted by atomic mass is 10.1. The van der Waals surface area contributed by atoms with Crippen molar-refractivity contribution in [3.63, 3.8) is 0 Å². The van der Waals surface area contributed by atoms with Gasteiger partial charge in [0.05, 0.1) is 24.3 Å². The summed E-state index contributed by atoms with van der Waals surface area (Å²) in [5.74, 6) is -0.168. The number of amides is 1. The third-order valence-electron chi connectivity index (χ3n) is 5.70. The highest BCUT2D eigenvalue weighted by Crippen LogP contribution is 2.35. The molecule has 5 rings (SSSR count). The van der Waals surface area contributed by atoms with Gasteiger partial charge in [0.2, 0.25) is 0 Å². The molecule has 3 aromatic rings. The molecule has 1 amide bonds. The molecule has 0 saturated carbocycles. The zero-order valence-electron chi connectivity index (χ0n) is 15.4. The Balaban J connectivity index is 1.43. The molecule has 2 aliphatic rings. The number of carbonyl (C=O) groups is 1. The van der Waals surface area contributed by atoms with Crippen molar-refractivity contribution in [3.8, 4) is 0 Å². The van der Waals surface area contributed by atoms with Crippen molar-refractivity contribution in [2.45, 2.75) is 25.2 Å². The quantitative estimate of drug-likeness (QED) is 0.703. The van der Waals surface area contributed by atoms with E-state index in [0.717, 1.165) is 30.0 Å². The highest BCUT2D eigenvalue weighted by molar-refractivity contribution is 5.94. The van der Waals surface area contributed by atoms with E-state index in [1.165, 1.54) is 6.07 Å². The Bertz CT molecular complexity index is 1000. The lowest BCUT2D eigenvalue weighted by molar-refractivity contribution is 0.0553. The molecule has 6 heteroatoms. The van der Waals surface area contributed by atoms with Gasteiger partial charge in [-0.2, -0.15) is 0 Å². The fourth-order valence-electron chi connectivity index (χ4n) is 4.47. The summed E-state index contributed by atoms with van der Waals surface area (Å²) in [6.07, 6.45) is 3.75. The van der Waals surface area contributed by atoms with Crippen LogP contribution in [-0.4, -0.2) is 44.4 Å². The molecule has 0 bridgehead atoms. The Morgan fingerprint density at radius 2 is 1.89 bits per heavy atom. The molecule has 1 fully saturated rings. The van der Waals surface area contributed by atoms with E-state index in [4.69, 9.17) is 0 Å².